The van der Waals surface area contributed by atoms with Crippen molar-refractivity contribution in [2.45, 2.75) is 13.8 Å². The van der Waals surface area contributed by atoms with Gasteiger partial charge in [-0.05, 0) is 36.4 Å². The van der Waals surface area contributed by atoms with Gasteiger partial charge in [-0.2, -0.15) is 0 Å². The maximum absolute atomic E-state index is 11.4. The largest absolute Gasteiger partial charge is 0.506 e. The molecule has 0 bridgehead atoms. The maximum atomic E-state index is 11.4. The number of aromatic nitrogens is 1. The zero-order valence-corrected chi connectivity index (χ0v) is 10.4. The van der Waals surface area contributed by atoms with E-state index in [1.807, 2.05) is 0 Å². The summed E-state index contributed by atoms with van der Waals surface area (Å²) >= 11 is 1.67. The number of aromatic hydroxyl groups is 1. The van der Waals surface area contributed by atoms with E-state index >= 15 is 0 Å². The molecule has 2 N–H and O–H groups in total. The number of pyridine rings is 1. The van der Waals surface area contributed by atoms with Crippen LogP contribution in [0.15, 0.2) is 4.79 Å². The lowest BCUT2D eigenvalue weighted by Crippen LogP contribution is -2.17. The van der Waals surface area contributed by atoms with Crippen LogP contribution in [0.4, 0.5) is 0 Å². The molecule has 0 fully saturated rings. The summed E-state index contributed by atoms with van der Waals surface area (Å²) < 4.78 is 4.84. The molecule has 0 aliphatic heterocycles. The molecule has 0 aromatic carbocycles. The van der Waals surface area contributed by atoms with E-state index in [4.69, 9.17) is 4.74 Å². The number of aromatic amines is 1. The molecule has 0 saturated heterocycles. The van der Waals surface area contributed by atoms with Crippen molar-refractivity contribution in [3.05, 3.63) is 25.2 Å². The number of esters is 1. The molecule has 15 heavy (non-hydrogen) atoms. The van der Waals surface area contributed by atoms with Gasteiger partial charge in [0.15, 0.2) is 5.75 Å². The van der Waals surface area contributed by atoms with Gasteiger partial charge in [0.05, 0.1) is 6.61 Å². The molecule has 0 spiro atoms. The summed E-state index contributed by atoms with van der Waals surface area (Å²) in [4.78, 5) is 25.1. The fourth-order valence-corrected chi connectivity index (χ4v) is 1.54. The Morgan fingerprint density at radius 2 is 2.20 bits per heavy atom. The van der Waals surface area contributed by atoms with Crippen molar-refractivity contribution >= 4 is 28.6 Å². The van der Waals surface area contributed by atoms with Crippen molar-refractivity contribution in [1.82, 2.24) is 4.98 Å². The van der Waals surface area contributed by atoms with E-state index in [1.54, 1.807) is 29.5 Å². The van der Waals surface area contributed by atoms with Crippen LogP contribution in [0, 0.1) is 10.5 Å². The minimum Gasteiger partial charge on any atom is -0.506 e. The Morgan fingerprint density at radius 1 is 1.60 bits per heavy atom. The zero-order valence-electron chi connectivity index (χ0n) is 8.26. The van der Waals surface area contributed by atoms with E-state index in [-0.39, 0.29) is 21.5 Å². The average molecular weight is 323 g/mol. The highest BCUT2D eigenvalue weighted by Crippen LogP contribution is 2.23. The van der Waals surface area contributed by atoms with Crippen molar-refractivity contribution in [2.24, 2.45) is 0 Å². The molecular formula is C9H10INO4. The van der Waals surface area contributed by atoms with E-state index in [9.17, 15) is 14.7 Å². The Bertz CT molecular complexity index is 452. The number of aryl methyl sites for hydroxylation is 1. The van der Waals surface area contributed by atoms with Crippen molar-refractivity contribution in [3.8, 4) is 5.75 Å². The molecule has 0 atom stereocenters. The van der Waals surface area contributed by atoms with Gasteiger partial charge in [0.2, 0.25) is 0 Å². The fourth-order valence-electron chi connectivity index (χ4n) is 1.14. The van der Waals surface area contributed by atoms with Gasteiger partial charge in [-0.15, -0.1) is 0 Å². The second-order valence-corrected chi connectivity index (χ2v) is 3.92. The van der Waals surface area contributed by atoms with Crippen molar-refractivity contribution < 1.29 is 14.6 Å². The first-order valence-corrected chi connectivity index (χ1v) is 5.35. The van der Waals surface area contributed by atoms with Crippen LogP contribution in [0.5, 0.6) is 5.75 Å². The third-order valence-corrected chi connectivity index (χ3v) is 2.80. The standard InChI is InChI=1S/C9H10INO4/c1-3-15-9(14)5-4(2)11-8(13)6(10)7(5)12/h3H2,1-2H3,(H2,11,12,13). The molecule has 1 rings (SSSR count). The summed E-state index contributed by atoms with van der Waals surface area (Å²) in [5.74, 6) is -0.961. The Labute approximate surface area is 99.6 Å². The first-order chi connectivity index (χ1) is 6.99. The van der Waals surface area contributed by atoms with Crippen LogP contribution >= 0.6 is 22.6 Å². The smallest absolute Gasteiger partial charge is 0.343 e. The Balaban J connectivity index is 3.36. The Kier molecular flexibility index (Phi) is 3.72. The predicted octanol–water partition coefficient (Wildman–Crippen LogP) is 1.17. The van der Waals surface area contributed by atoms with Crippen LogP contribution in [0.3, 0.4) is 0 Å². The molecule has 0 aliphatic carbocycles. The monoisotopic (exact) mass is 323 g/mol. The quantitative estimate of drug-likeness (QED) is 0.633. The van der Waals surface area contributed by atoms with Gasteiger partial charge in [-0.1, -0.05) is 0 Å². The molecule has 1 heterocycles. The molecule has 1 aromatic rings. The van der Waals surface area contributed by atoms with Gasteiger partial charge < -0.3 is 14.8 Å². The number of ether oxygens (including phenoxy) is 1. The van der Waals surface area contributed by atoms with Crippen LogP contribution in [-0.4, -0.2) is 22.7 Å². The SMILES string of the molecule is CCOC(=O)c1c(C)[nH]c(=O)c(I)c1O. The van der Waals surface area contributed by atoms with E-state index in [1.165, 1.54) is 6.92 Å². The second-order valence-electron chi connectivity index (χ2n) is 2.84. The van der Waals surface area contributed by atoms with E-state index in [0.29, 0.717) is 5.69 Å². The van der Waals surface area contributed by atoms with Gasteiger partial charge in [0, 0.05) is 5.69 Å². The van der Waals surface area contributed by atoms with Crippen LogP contribution in [0.25, 0.3) is 0 Å². The lowest BCUT2D eigenvalue weighted by Gasteiger charge is -2.08. The van der Waals surface area contributed by atoms with E-state index < -0.39 is 11.5 Å². The summed E-state index contributed by atoms with van der Waals surface area (Å²) in [7, 11) is 0. The third-order valence-electron chi connectivity index (χ3n) is 1.80. The average Bonchev–Trinajstić information content (AvgIpc) is 2.15. The number of hydrogen-bond donors (Lipinski definition) is 2. The first kappa shape index (κ1) is 12.0. The summed E-state index contributed by atoms with van der Waals surface area (Å²) in [5.41, 5.74) is -0.101. The highest BCUT2D eigenvalue weighted by molar-refractivity contribution is 14.1. The summed E-state index contributed by atoms with van der Waals surface area (Å²) in [6, 6.07) is 0. The summed E-state index contributed by atoms with van der Waals surface area (Å²) in [5, 5.41) is 9.63. The topological polar surface area (TPSA) is 79.4 Å². The number of carbonyl (C=O) groups excluding carboxylic acids is 1. The fraction of sp³-hybridized carbons (Fsp3) is 0.333. The first-order valence-electron chi connectivity index (χ1n) is 4.27. The molecule has 82 valence electrons. The van der Waals surface area contributed by atoms with Crippen LogP contribution < -0.4 is 5.56 Å². The number of H-pyrrole nitrogens is 1. The van der Waals surface area contributed by atoms with Gasteiger partial charge in [-0.3, -0.25) is 4.79 Å². The number of rotatable bonds is 2. The molecule has 0 radical (unpaired) electrons. The van der Waals surface area contributed by atoms with Crippen LogP contribution in [-0.2, 0) is 4.74 Å². The lowest BCUT2D eigenvalue weighted by molar-refractivity contribution is 0.0521. The molecule has 0 saturated carbocycles. The van der Waals surface area contributed by atoms with Gasteiger partial charge >= 0.3 is 5.97 Å². The highest BCUT2D eigenvalue weighted by atomic mass is 127. The summed E-state index contributed by atoms with van der Waals surface area (Å²) in [6.07, 6.45) is 0. The van der Waals surface area contributed by atoms with Crippen LogP contribution in [0.2, 0.25) is 0 Å². The van der Waals surface area contributed by atoms with Crippen molar-refractivity contribution in [2.75, 3.05) is 6.61 Å². The number of halogens is 1. The second kappa shape index (κ2) is 4.65. The molecule has 1 aromatic heterocycles. The van der Waals surface area contributed by atoms with Gasteiger partial charge in [0.1, 0.15) is 9.13 Å². The molecule has 5 nitrogen and oxygen atoms in total. The lowest BCUT2D eigenvalue weighted by atomic mass is 10.2. The molecule has 6 heteroatoms. The number of carbonyl (C=O) groups is 1. The minimum absolute atomic E-state index is 0.0147. The number of nitrogens with one attached hydrogen (secondary N) is 1. The summed E-state index contributed by atoms with van der Waals surface area (Å²) in [6.45, 7) is 3.41. The van der Waals surface area contributed by atoms with Gasteiger partial charge in [0.25, 0.3) is 5.56 Å². The van der Waals surface area contributed by atoms with Gasteiger partial charge in [-0.25, -0.2) is 4.79 Å². The van der Waals surface area contributed by atoms with E-state index in [0.717, 1.165) is 0 Å². The highest BCUT2D eigenvalue weighted by Gasteiger charge is 2.20. The van der Waals surface area contributed by atoms with Crippen LogP contribution in [0.1, 0.15) is 23.0 Å². The molecular weight excluding hydrogens is 313 g/mol. The zero-order chi connectivity index (χ0) is 11.6. The Hall–Kier alpha value is -1.05. The van der Waals surface area contributed by atoms with Crippen molar-refractivity contribution in [3.63, 3.8) is 0 Å². The molecule has 0 aliphatic rings. The van der Waals surface area contributed by atoms with E-state index in [2.05, 4.69) is 4.98 Å². The normalized spacial score (nSPS) is 10.1. The number of hydrogen-bond acceptors (Lipinski definition) is 4. The maximum Gasteiger partial charge on any atom is 0.343 e. The Morgan fingerprint density at radius 3 is 2.73 bits per heavy atom. The van der Waals surface area contributed by atoms with Crippen molar-refractivity contribution in [1.29, 1.82) is 0 Å². The minimum atomic E-state index is -0.637. The third kappa shape index (κ3) is 2.31. The molecule has 0 amide bonds. The predicted molar refractivity (Wildman–Crippen MR) is 62.1 cm³/mol. The molecule has 0 unspecified atom stereocenters.